The summed E-state index contributed by atoms with van der Waals surface area (Å²) in [6, 6.07) is 9.81. The molecule has 1 aromatic carbocycles. The molecule has 0 saturated heterocycles. The van der Waals surface area contributed by atoms with Gasteiger partial charge in [-0.2, -0.15) is 5.10 Å². The maximum absolute atomic E-state index is 8.89. The Balaban J connectivity index is 1.93. The van der Waals surface area contributed by atoms with E-state index in [1.165, 1.54) is 4.90 Å². The van der Waals surface area contributed by atoms with E-state index in [4.69, 9.17) is 5.11 Å². The van der Waals surface area contributed by atoms with Crippen molar-refractivity contribution in [1.29, 1.82) is 0 Å². The predicted octanol–water partition coefficient (Wildman–Crippen LogP) is 2.13. The van der Waals surface area contributed by atoms with Gasteiger partial charge in [-0.05, 0) is 23.8 Å². The second kappa shape index (κ2) is 5.00. The number of rotatable bonds is 4. The lowest BCUT2D eigenvalue weighted by Gasteiger charge is -2.02. The molecule has 0 radical (unpaired) electrons. The van der Waals surface area contributed by atoms with Crippen molar-refractivity contribution >= 4 is 11.8 Å². The molecule has 0 amide bonds. The van der Waals surface area contributed by atoms with Crippen LogP contribution in [0.2, 0.25) is 0 Å². The fourth-order valence-corrected chi connectivity index (χ4v) is 1.97. The number of benzene rings is 1. The number of aliphatic hydroxyl groups is 1. The number of hydrogen-bond donors (Lipinski definition) is 1. The Kier molecular flexibility index (Phi) is 3.42. The molecule has 1 aromatic heterocycles. The number of hydrogen-bond acceptors (Lipinski definition) is 3. The maximum Gasteiger partial charge on any atom is 0.0909 e. The normalized spacial score (nSPS) is 10.5. The predicted molar refractivity (Wildman–Crippen MR) is 60.4 cm³/mol. The first kappa shape index (κ1) is 10.3. The monoisotopic (exact) mass is 220 g/mol. The molecule has 0 spiro atoms. The van der Waals surface area contributed by atoms with Crippen LogP contribution in [0.25, 0.3) is 0 Å². The summed E-state index contributed by atoms with van der Waals surface area (Å²) in [6.07, 6.45) is 3.71. The van der Waals surface area contributed by atoms with E-state index in [-0.39, 0.29) is 6.61 Å². The highest BCUT2D eigenvalue weighted by molar-refractivity contribution is 7.98. The Morgan fingerprint density at radius 3 is 2.67 bits per heavy atom. The van der Waals surface area contributed by atoms with Crippen LogP contribution < -0.4 is 0 Å². The Hall–Kier alpha value is -1.26. The Labute approximate surface area is 92.7 Å². The molecule has 15 heavy (non-hydrogen) atoms. The highest BCUT2D eigenvalue weighted by atomic mass is 32.2. The van der Waals surface area contributed by atoms with E-state index in [2.05, 4.69) is 5.10 Å². The standard InChI is InChI=1S/C11H12N2OS/c14-8-10-2-4-11(5-3-10)15-9-13-7-1-6-12-13/h1-7,14H,8-9H2. The van der Waals surface area contributed by atoms with Crippen LogP contribution in [0.1, 0.15) is 5.56 Å². The van der Waals surface area contributed by atoms with Gasteiger partial charge in [0.25, 0.3) is 0 Å². The van der Waals surface area contributed by atoms with Crippen molar-refractivity contribution in [2.75, 3.05) is 0 Å². The van der Waals surface area contributed by atoms with Gasteiger partial charge in [0, 0.05) is 17.3 Å². The number of thioether (sulfide) groups is 1. The Morgan fingerprint density at radius 1 is 1.27 bits per heavy atom. The summed E-state index contributed by atoms with van der Waals surface area (Å²) in [4.78, 5) is 1.18. The Bertz CT molecular complexity index is 397. The van der Waals surface area contributed by atoms with Crippen LogP contribution in [0.4, 0.5) is 0 Å². The highest BCUT2D eigenvalue weighted by Gasteiger charge is 1.95. The van der Waals surface area contributed by atoms with Crippen LogP contribution in [0.15, 0.2) is 47.6 Å². The summed E-state index contributed by atoms with van der Waals surface area (Å²) >= 11 is 1.72. The van der Waals surface area contributed by atoms with E-state index in [0.717, 1.165) is 11.4 Å². The zero-order chi connectivity index (χ0) is 10.5. The van der Waals surface area contributed by atoms with E-state index >= 15 is 0 Å². The fourth-order valence-electron chi connectivity index (χ4n) is 1.21. The van der Waals surface area contributed by atoms with Crippen molar-refractivity contribution in [3.05, 3.63) is 48.3 Å². The molecule has 2 aromatic rings. The zero-order valence-corrected chi connectivity index (χ0v) is 9.02. The summed E-state index contributed by atoms with van der Waals surface area (Å²) in [5.41, 5.74) is 0.943. The molecule has 0 fully saturated rings. The average molecular weight is 220 g/mol. The van der Waals surface area contributed by atoms with Crippen LogP contribution in [0, 0.1) is 0 Å². The van der Waals surface area contributed by atoms with Gasteiger partial charge in [-0.1, -0.05) is 12.1 Å². The van der Waals surface area contributed by atoms with Crippen LogP contribution in [-0.2, 0) is 12.5 Å². The number of nitrogens with zero attached hydrogens (tertiary/aromatic N) is 2. The second-order valence-corrected chi connectivity index (χ2v) is 4.14. The molecular formula is C11H12N2OS. The SMILES string of the molecule is OCc1ccc(SCn2cccn2)cc1. The van der Waals surface area contributed by atoms with Crippen molar-refractivity contribution in [1.82, 2.24) is 9.78 Å². The Morgan fingerprint density at radius 2 is 2.07 bits per heavy atom. The molecule has 0 saturated carbocycles. The molecule has 78 valence electrons. The van der Waals surface area contributed by atoms with Crippen LogP contribution in [-0.4, -0.2) is 14.9 Å². The van der Waals surface area contributed by atoms with E-state index in [0.29, 0.717) is 0 Å². The van der Waals surface area contributed by atoms with Gasteiger partial charge in [0.15, 0.2) is 0 Å². The third-order valence-corrected chi connectivity index (χ3v) is 3.03. The van der Waals surface area contributed by atoms with Crippen molar-refractivity contribution in [2.45, 2.75) is 17.4 Å². The maximum atomic E-state index is 8.89. The lowest BCUT2D eigenvalue weighted by Crippen LogP contribution is -1.93. The molecule has 0 bridgehead atoms. The number of aromatic nitrogens is 2. The molecule has 0 atom stereocenters. The van der Waals surface area contributed by atoms with Gasteiger partial charge in [-0.3, -0.25) is 4.68 Å². The molecular weight excluding hydrogens is 208 g/mol. The first-order chi connectivity index (χ1) is 7.38. The van der Waals surface area contributed by atoms with Crippen molar-refractivity contribution in [3.63, 3.8) is 0 Å². The van der Waals surface area contributed by atoms with E-state index in [1.807, 2.05) is 41.2 Å². The second-order valence-electron chi connectivity index (χ2n) is 3.12. The van der Waals surface area contributed by atoms with Crippen LogP contribution in [0.3, 0.4) is 0 Å². The third kappa shape index (κ3) is 2.84. The topological polar surface area (TPSA) is 38.0 Å². The molecule has 0 aliphatic rings. The quantitative estimate of drug-likeness (QED) is 0.802. The minimum atomic E-state index is 0.101. The van der Waals surface area contributed by atoms with Crippen molar-refractivity contribution < 1.29 is 5.11 Å². The minimum absolute atomic E-state index is 0.101. The molecule has 1 N–H and O–H groups in total. The van der Waals surface area contributed by atoms with Crippen LogP contribution in [0.5, 0.6) is 0 Å². The molecule has 3 nitrogen and oxygen atoms in total. The van der Waals surface area contributed by atoms with Crippen LogP contribution >= 0.6 is 11.8 Å². The van der Waals surface area contributed by atoms with Gasteiger partial charge >= 0.3 is 0 Å². The minimum Gasteiger partial charge on any atom is -0.392 e. The average Bonchev–Trinajstić information content (AvgIpc) is 2.80. The van der Waals surface area contributed by atoms with Gasteiger partial charge in [-0.25, -0.2) is 0 Å². The molecule has 0 aliphatic heterocycles. The zero-order valence-electron chi connectivity index (χ0n) is 8.21. The van der Waals surface area contributed by atoms with Crippen molar-refractivity contribution in [2.24, 2.45) is 0 Å². The summed E-state index contributed by atoms with van der Waals surface area (Å²) in [7, 11) is 0. The molecule has 4 heteroatoms. The van der Waals surface area contributed by atoms with E-state index in [9.17, 15) is 0 Å². The highest BCUT2D eigenvalue weighted by Crippen LogP contribution is 2.19. The molecule has 0 unspecified atom stereocenters. The van der Waals surface area contributed by atoms with E-state index < -0.39 is 0 Å². The fraction of sp³-hybridized carbons (Fsp3) is 0.182. The first-order valence-corrected chi connectivity index (χ1v) is 5.67. The summed E-state index contributed by atoms with van der Waals surface area (Å²) in [6.45, 7) is 0.101. The third-order valence-electron chi connectivity index (χ3n) is 2.03. The first-order valence-electron chi connectivity index (χ1n) is 4.68. The lowest BCUT2D eigenvalue weighted by molar-refractivity contribution is 0.282. The molecule has 0 aliphatic carbocycles. The smallest absolute Gasteiger partial charge is 0.0909 e. The summed E-state index contributed by atoms with van der Waals surface area (Å²) in [5.74, 6) is 0.811. The van der Waals surface area contributed by atoms with E-state index in [1.54, 1.807) is 18.0 Å². The molecule has 2 rings (SSSR count). The lowest BCUT2D eigenvalue weighted by atomic mass is 10.2. The van der Waals surface area contributed by atoms with Gasteiger partial charge in [0.2, 0.25) is 0 Å². The summed E-state index contributed by atoms with van der Waals surface area (Å²) < 4.78 is 1.88. The van der Waals surface area contributed by atoms with Gasteiger partial charge < -0.3 is 5.11 Å². The summed E-state index contributed by atoms with van der Waals surface area (Å²) in [5, 5.41) is 13.0. The van der Waals surface area contributed by atoms with Crippen molar-refractivity contribution in [3.8, 4) is 0 Å². The van der Waals surface area contributed by atoms with Gasteiger partial charge in [0.05, 0.1) is 12.5 Å². The number of aliphatic hydroxyl groups excluding tert-OH is 1. The molecule has 1 heterocycles. The van der Waals surface area contributed by atoms with Gasteiger partial charge in [0.1, 0.15) is 0 Å². The van der Waals surface area contributed by atoms with Gasteiger partial charge in [-0.15, -0.1) is 11.8 Å². The largest absolute Gasteiger partial charge is 0.392 e.